The van der Waals surface area contributed by atoms with Crippen LogP contribution in [-0.4, -0.2) is 49.1 Å². The maximum atomic E-state index is 13.4. The molecule has 1 atom stereocenters. The van der Waals surface area contributed by atoms with Crippen LogP contribution in [0, 0.1) is 0 Å². The van der Waals surface area contributed by atoms with Gasteiger partial charge in [0, 0.05) is 6.54 Å². The molecule has 4 rings (SSSR count). The van der Waals surface area contributed by atoms with Crippen LogP contribution < -0.4 is 14.2 Å². The van der Waals surface area contributed by atoms with E-state index >= 15 is 0 Å². The molecule has 0 saturated carbocycles. The number of hydrogen-bond acceptors (Lipinski definition) is 6. The van der Waals surface area contributed by atoms with Gasteiger partial charge in [-0.25, -0.2) is 0 Å². The first-order chi connectivity index (χ1) is 18.5. The number of aliphatic hydroxyl groups excluding tert-OH is 1. The van der Waals surface area contributed by atoms with Crippen molar-refractivity contribution in [3.8, 4) is 17.2 Å². The number of carbonyl (C=O) groups excluding carboxylic acids is 2. The Morgan fingerprint density at radius 3 is 2.34 bits per heavy atom. The summed E-state index contributed by atoms with van der Waals surface area (Å²) in [7, 11) is 3.14. The third-order valence-corrected chi connectivity index (χ3v) is 6.39. The Bertz CT molecular complexity index is 1340. The van der Waals surface area contributed by atoms with Gasteiger partial charge in [0.1, 0.15) is 5.75 Å². The largest absolute Gasteiger partial charge is 0.503 e. The number of amides is 1. The second-order valence-corrected chi connectivity index (χ2v) is 8.71. The lowest BCUT2D eigenvalue weighted by Crippen LogP contribution is -2.33. The molecule has 1 unspecified atom stereocenters. The predicted molar refractivity (Wildman–Crippen MR) is 145 cm³/mol. The molecule has 0 bridgehead atoms. The standard InChI is InChI=1S/C31H31NO6/c1-4-38-24-14-12-23(13-15-24)29-28(25(33)16-10-21-8-6-5-7-9-21)30(34)31(35)32(29)19-18-22-11-17-26(36-2)27(20-22)37-3/h5-17,20,29,34H,4,18-19H2,1-3H3/b16-10+. The minimum atomic E-state index is -0.744. The molecule has 1 N–H and O–H groups in total. The van der Waals surface area contributed by atoms with Crippen LogP contribution in [0.5, 0.6) is 17.2 Å². The maximum Gasteiger partial charge on any atom is 0.290 e. The maximum absolute atomic E-state index is 13.4. The van der Waals surface area contributed by atoms with E-state index in [4.69, 9.17) is 14.2 Å². The highest BCUT2D eigenvalue weighted by atomic mass is 16.5. The molecule has 0 aromatic heterocycles. The number of aliphatic hydroxyl groups is 1. The van der Waals surface area contributed by atoms with Gasteiger partial charge < -0.3 is 24.2 Å². The second-order valence-electron chi connectivity index (χ2n) is 8.71. The van der Waals surface area contributed by atoms with E-state index in [9.17, 15) is 14.7 Å². The molecule has 0 saturated heterocycles. The number of methoxy groups -OCH3 is 2. The molecule has 0 spiro atoms. The summed E-state index contributed by atoms with van der Waals surface area (Å²) in [5.74, 6) is 0.344. The van der Waals surface area contributed by atoms with Gasteiger partial charge in [-0.05, 0) is 60.4 Å². The SMILES string of the molecule is CCOc1ccc(C2C(C(=O)/C=C/c3ccccc3)=C(O)C(=O)N2CCc2ccc(OC)c(OC)c2)cc1. The molecule has 7 heteroatoms. The van der Waals surface area contributed by atoms with Gasteiger partial charge in [-0.2, -0.15) is 0 Å². The zero-order valence-electron chi connectivity index (χ0n) is 21.7. The summed E-state index contributed by atoms with van der Waals surface area (Å²) in [5.41, 5.74) is 2.52. The van der Waals surface area contributed by atoms with Crippen molar-refractivity contribution in [2.75, 3.05) is 27.4 Å². The van der Waals surface area contributed by atoms with Gasteiger partial charge in [0.2, 0.25) is 0 Å². The quantitative estimate of drug-likeness (QED) is 0.349. The third kappa shape index (κ3) is 5.72. The Kier molecular flexibility index (Phi) is 8.48. The molecule has 3 aromatic carbocycles. The summed E-state index contributed by atoms with van der Waals surface area (Å²) in [4.78, 5) is 28.2. The van der Waals surface area contributed by atoms with Crippen LogP contribution in [0.25, 0.3) is 6.08 Å². The van der Waals surface area contributed by atoms with E-state index < -0.39 is 23.5 Å². The van der Waals surface area contributed by atoms with Crippen LogP contribution in [0.2, 0.25) is 0 Å². The van der Waals surface area contributed by atoms with Crippen LogP contribution in [0.3, 0.4) is 0 Å². The molecule has 3 aromatic rings. The summed E-state index contributed by atoms with van der Waals surface area (Å²) in [6, 6.07) is 21.4. The smallest absolute Gasteiger partial charge is 0.290 e. The van der Waals surface area contributed by atoms with Crippen molar-refractivity contribution in [2.24, 2.45) is 0 Å². The summed E-state index contributed by atoms with van der Waals surface area (Å²) >= 11 is 0. The number of ether oxygens (including phenoxy) is 3. The Labute approximate surface area is 222 Å². The molecular formula is C31H31NO6. The first-order valence-electron chi connectivity index (χ1n) is 12.4. The summed E-state index contributed by atoms with van der Waals surface area (Å²) in [6.07, 6.45) is 3.55. The molecule has 0 radical (unpaired) electrons. The Morgan fingerprint density at radius 1 is 0.974 bits per heavy atom. The molecule has 7 nitrogen and oxygen atoms in total. The van der Waals surface area contributed by atoms with Gasteiger partial charge in [-0.15, -0.1) is 0 Å². The second kappa shape index (κ2) is 12.1. The van der Waals surface area contributed by atoms with E-state index in [1.165, 1.54) is 11.0 Å². The monoisotopic (exact) mass is 513 g/mol. The lowest BCUT2D eigenvalue weighted by molar-refractivity contribution is -0.129. The molecule has 1 aliphatic heterocycles. The summed E-state index contributed by atoms with van der Waals surface area (Å²) in [5, 5.41) is 10.9. The number of rotatable bonds is 11. The van der Waals surface area contributed by atoms with Crippen molar-refractivity contribution in [3.05, 3.63) is 107 Å². The number of benzene rings is 3. The van der Waals surface area contributed by atoms with Gasteiger partial charge in [0.15, 0.2) is 23.0 Å². The van der Waals surface area contributed by atoms with E-state index in [0.717, 1.165) is 11.1 Å². The first kappa shape index (κ1) is 26.5. The van der Waals surface area contributed by atoms with Crippen molar-refractivity contribution in [3.63, 3.8) is 0 Å². The van der Waals surface area contributed by atoms with Crippen molar-refractivity contribution in [2.45, 2.75) is 19.4 Å². The van der Waals surface area contributed by atoms with Crippen LogP contribution >= 0.6 is 0 Å². The third-order valence-electron chi connectivity index (χ3n) is 6.39. The lowest BCUT2D eigenvalue weighted by atomic mass is 9.95. The van der Waals surface area contributed by atoms with Crippen LogP contribution in [0.1, 0.15) is 29.7 Å². The number of allylic oxidation sites excluding steroid dienone is 1. The molecule has 38 heavy (non-hydrogen) atoms. The molecule has 0 aliphatic carbocycles. The van der Waals surface area contributed by atoms with E-state index in [1.807, 2.05) is 67.6 Å². The number of hydrogen-bond donors (Lipinski definition) is 1. The van der Waals surface area contributed by atoms with Gasteiger partial charge >= 0.3 is 0 Å². The van der Waals surface area contributed by atoms with Crippen molar-refractivity contribution < 1.29 is 28.9 Å². The summed E-state index contributed by atoms with van der Waals surface area (Å²) < 4.78 is 16.3. The van der Waals surface area contributed by atoms with Gasteiger partial charge in [-0.3, -0.25) is 9.59 Å². The Morgan fingerprint density at radius 2 is 1.68 bits per heavy atom. The fourth-order valence-corrected chi connectivity index (χ4v) is 4.51. The molecule has 0 fully saturated rings. The first-order valence-corrected chi connectivity index (χ1v) is 12.4. The molecular weight excluding hydrogens is 482 g/mol. The van der Waals surface area contributed by atoms with E-state index in [2.05, 4.69) is 0 Å². The highest BCUT2D eigenvalue weighted by Crippen LogP contribution is 2.39. The molecule has 1 aliphatic rings. The zero-order chi connectivity index (χ0) is 27.1. The van der Waals surface area contributed by atoms with Crippen LogP contribution in [0.15, 0.2) is 90.2 Å². The minimum Gasteiger partial charge on any atom is -0.503 e. The molecule has 196 valence electrons. The van der Waals surface area contributed by atoms with Crippen LogP contribution in [-0.2, 0) is 16.0 Å². The van der Waals surface area contributed by atoms with Gasteiger partial charge in [0.05, 0.1) is 32.4 Å². The fraction of sp³-hybridized carbons (Fsp3) is 0.226. The highest BCUT2D eigenvalue weighted by Gasteiger charge is 2.42. The van der Waals surface area contributed by atoms with Crippen molar-refractivity contribution in [1.82, 2.24) is 4.90 Å². The van der Waals surface area contributed by atoms with E-state index in [1.54, 1.807) is 32.4 Å². The number of carbonyl (C=O) groups is 2. The lowest BCUT2D eigenvalue weighted by Gasteiger charge is -2.27. The van der Waals surface area contributed by atoms with Crippen molar-refractivity contribution >= 4 is 17.8 Å². The normalized spacial score (nSPS) is 15.3. The number of nitrogens with zero attached hydrogens (tertiary/aromatic N) is 1. The van der Waals surface area contributed by atoms with Crippen LogP contribution in [0.4, 0.5) is 0 Å². The Hall–Kier alpha value is -4.52. The van der Waals surface area contributed by atoms with E-state index in [0.29, 0.717) is 35.8 Å². The highest BCUT2D eigenvalue weighted by molar-refractivity contribution is 6.14. The van der Waals surface area contributed by atoms with Gasteiger partial charge in [-0.1, -0.05) is 54.6 Å². The average Bonchev–Trinajstić information content (AvgIpc) is 3.20. The predicted octanol–water partition coefficient (Wildman–Crippen LogP) is 5.32. The number of ketones is 1. The fourth-order valence-electron chi connectivity index (χ4n) is 4.51. The van der Waals surface area contributed by atoms with Crippen molar-refractivity contribution in [1.29, 1.82) is 0 Å². The zero-order valence-corrected chi connectivity index (χ0v) is 21.7. The topological polar surface area (TPSA) is 85.3 Å². The minimum absolute atomic E-state index is 0.0543. The Balaban J connectivity index is 1.65. The molecule has 1 heterocycles. The molecule has 1 amide bonds. The van der Waals surface area contributed by atoms with E-state index in [-0.39, 0.29) is 12.1 Å². The summed E-state index contributed by atoms with van der Waals surface area (Å²) in [6.45, 7) is 2.69. The van der Waals surface area contributed by atoms with Gasteiger partial charge in [0.25, 0.3) is 5.91 Å². The average molecular weight is 514 g/mol.